The lowest BCUT2D eigenvalue weighted by Crippen LogP contribution is -2.18. The second-order valence-corrected chi connectivity index (χ2v) is 2.83. The van der Waals surface area contributed by atoms with Crippen molar-refractivity contribution in [2.45, 2.75) is 18.6 Å². The minimum absolute atomic E-state index is 0.0132. The number of hydrogen-bond acceptors (Lipinski definition) is 6. The Balaban J connectivity index is 2.79. The molecule has 1 aromatic rings. The lowest BCUT2D eigenvalue weighted by atomic mass is 10.1. The molecule has 0 saturated heterocycles. The Bertz CT molecular complexity index is 404. The molecule has 0 aliphatic rings. The smallest absolute Gasteiger partial charge is 0.232 e. The Morgan fingerprint density at radius 3 is 2.33 bits per heavy atom. The average Bonchev–Trinajstić information content (AvgIpc) is 2.28. The van der Waals surface area contributed by atoms with E-state index in [1.54, 1.807) is 12.1 Å². The van der Waals surface area contributed by atoms with Crippen molar-refractivity contribution in [1.82, 2.24) is 9.97 Å². The van der Waals surface area contributed by atoms with Crippen molar-refractivity contribution in [3.05, 3.63) is 23.8 Å². The Morgan fingerprint density at radius 2 is 1.87 bits per heavy atom. The SMILES string of the molecule is N#CCC(O)C(O)c1cnc(C#N)nc1. The Morgan fingerprint density at radius 1 is 1.27 bits per heavy atom. The lowest BCUT2D eigenvalue weighted by molar-refractivity contribution is 0.0212. The van der Waals surface area contributed by atoms with Crippen LogP contribution in [0, 0.1) is 22.7 Å². The molecule has 0 radical (unpaired) electrons. The van der Waals surface area contributed by atoms with E-state index in [1.807, 2.05) is 0 Å². The summed E-state index contributed by atoms with van der Waals surface area (Å²) in [5.74, 6) is -0.0132. The standard InChI is InChI=1S/C9H8N4O2/c10-2-1-7(14)9(15)6-4-12-8(3-11)13-5-6/h4-5,7,9,14-15H,1H2. The highest BCUT2D eigenvalue weighted by molar-refractivity contribution is 5.16. The maximum Gasteiger partial charge on any atom is 0.232 e. The third kappa shape index (κ3) is 2.71. The molecule has 0 aliphatic carbocycles. The van der Waals surface area contributed by atoms with Gasteiger partial charge in [-0.3, -0.25) is 0 Å². The molecule has 0 amide bonds. The molecule has 0 aromatic carbocycles. The number of aliphatic hydroxyl groups is 2. The van der Waals surface area contributed by atoms with Crippen molar-refractivity contribution in [2.75, 3.05) is 0 Å². The van der Waals surface area contributed by atoms with Crippen LogP contribution in [0.1, 0.15) is 23.9 Å². The maximum atomic E-state index is 9.52. The maximum absolute atomic E-state index is 9.52. The zero-order valence-corrected chi connectivity index (χ0v) is 7.70. The van der Waals surface area contributed by atoms with Crippen LogP contribution >= 0.6 is 0 Å². The fraction of sp³-hybridized carbons (Fsp3) is 0.333. The van der Waals surface area contributed by atoms with Gasteiger partial charge in [0, 0.05) is 18.0 Å². The van der Waals surface area contributed by atoms with Gasteiger partial charge in [-0.05, 0) is 0 Å². The van der Waals surface area contributed by atoms with Gasteiger partial charge in [0.15, 0.2) is 0 Å². The van der Waals surface area contributed by atoms with E-state index in [4.69, 9.17) is 10.5 Å². The second kappa shape index (κ2) is 5.01. The third-order valence-electron chi connectivity index (χ3n) is 1.78. The summed E-state index contributed by atoms with van der Waals surface area (Å²) in [6, 6.07) is 3.47. The molecule has 0 saturated carbocycles. The number of nitrogens with zero attached hydrogens (tertiary/aromatic N) is 4. The second-order valence-electron chi connectivity index (χ2n) is 2.83. The molecule has 76 valence electrons. The largest absolute Gasteiger partial charge is 0.389 e. The molecule has 0 fully saturated rings. The first-order chi connectivity index (χ1) is 7.19. The normalized spacial score (nSPS) is 13.6. The van der Waals surface area contributed by atoms with E-state index in [0.29, 0.717) is 0 Å². The molecule has 1 aromatic heterocycles. The van der Waals surface area contributed by atoms with E-state index in [9.17, 15) is 10.2 Å². The average molecular weight is 204 g/mol. The van der Waals surface area contributed by atoms with Crippen LogP contribution in [-0.2, 0) is 0 Å². The van der Waals surface area contributed by atoms with Gasteiger partial charge in [0.2, 0.25) is 5.82 Å². The topological polar surface area (TPSA) is 114 Å². The molecule has 6 nitrogen and oxygen atoms in total. The highest BCUT2D eigenvalue weighted by Crippen LogP contribution is 2.16. The first-order valence-electron chi connectivity index (χ1n) is 4.14. The van der Waals surface area contributed by atoms with Crippen molar-refractivity contribution >= 4 is 0 Å². The van der Waals surface area contributed by atoms with E-state index in [-0.39, 0.29) is 17.8 Å². The molecule has 6 heteroatoms. The minimum Gasteiger partial charge on any atom is -0.389 e. The Labute approximate surface area is 86.1 Å². The summed E-state index contributed by atoms with van der Waals surface area (Å²) >= 11 is 0. The number of aromatic nitrogens is 2. The van der Waals surface area contributed by atoms with Crippen LogP contribution in [0.4, 0.5) is 0 Å². The van der Waals surface area contributed by atoms with Gasteiger partial charge in [-0.2, -0.15) is 10.5 Å². The van der Waals surface area contributed by atoms with Crippen LogP contribution in [-0.4, -0.2) is 26.3 Å². The minimum atomic E-state index is -1.21. The molecular formula is C9H8N4O2. The Kier molecular flexibility index (Phi) is 3.69. The first kappa shape index (κ1) is 11.1. The van der Waals surface area contributed by atoms with Gasteiger partial charge in [0.25, 0.3) is 0 Å². The summed E-state index contributed by atoms with van der Waals surface area (Å²) in [6.45, 7) is 0. The fourth-order valence-electron chi connectivity index (χ4n) is 0.976. The highest BCUT2D eigenvalue weighted by atomic mass is 16.3. The zero-order valence-electron chi connectivity index (χ0n) is 7.70. The molecule has 0 aliphatic heterocycles. The monoisotopic (exact) mass is 204 g/mol. The molecule has 0 bridgehead atoms. The molecule has 1 rings (SSSR count). The molecule has 1 heterocycles. The van der Waals surface area contributed by atoms with Crippen LogP contribution in [0.5, 0.6) is 0 Å². The quantitative estimate of drug-likeness (QED) is 0.695. The van der Waals surface area contributed by atoms with Crippen LogP contribution in [0.3, 0.4) is 0 Å². The van der Waals surface area contributed by atoms with Gasteiger partial charge in [-0.1, -0.05) is 0 Å². The number of aliphatic hydroxyl groups excluding tert-OH is 2. The fourth-order valence-corrected chi connectivity index (χ4v) is 0.976. The summed E-state index contributed by atoms with van der Waals surface area (Å²) in [5, 5.41) is 35.6. The van der Waals surface area contributed by atoms with Gasteiger partial charge in [0.05, 0.1) is 18.6 Å². The van der Waals surface area contributed by atoms with Gasteiger partial charge in [-0.25, -0.2) is 9.97 Å². The van der Waals surface area contributed by atoms with Crippen LogP contribution in [0.2, 0.25) is 0 Å². The van der Waals surface area contributed by atoms with Crippen LogP contribution in [0.25, 0.3) is 0 Å². The zero-order chi connectivity index (χ0) is 11.3. The van der Waals surface area contributed by atoms with Crippen molar-refractivity contribution in [1.29, 1.82) is 10.5 Å². The number of rotatable bonds is 3. The summed E-state index contributed by atoms with van der Waals surface area (Å²) < 4.78 is 0. The number of nitriles is 2. The van der Waals surface area contributed by atoms with E-state index in [0.717, 1.165) is 0 Å². The predicted octanol–water partition coefficient (Wildman–Crippen LogP) is -0.344. The van der Waals surface area contributed by atoms with Crippen molar-refractivity contribution in [2.24, 2.45) is 0 Å². The molecular weight excluding hydrogens is 196 g/mol. The first-order valence-corrected chi connectivity index (χ1v) is 4.14. The predicted molar refractivity (Wildman–Crippen MR) is 47.9 cm³/mol. The lowest BCUT2D eigenvalue weighted by Gasteiger charge is -2.14. The van der Waals surface area contributed by atoms with Gasteiger partial charge in [0.1, 0.15) is 12.2 Å². The van der Waals surface area contributed by atoms with Gasteiger partial charge >= 0.3 is 0 Å². The summed E-state index contributed by atoms with van der Waals surface area (Å²) in [5.41, 5.74) is 0.275. The number of hydrogen-bond donors (Lipinski definition) is 2. The Hall–Kier alpha value is -2.02. The van der Waals surface area contributed by atoms with Gasteiger partial charge < -0.3 is 10.2 Å². The summed E-state index contributed by atoms with van der Waals surface area (Å²) in [6.07, 6.45) is -0.0710. The molecule has 0 spiro atoms. The summed E-state index contributed by atoms with van der Waals surface area (Å²) in [7, 11) is 0. The van der Waals surface area contributed by atoms with Gasteiger partial charge in [-0.15, -0.1) is 0 Å². The van der Waals surface area contributed by atoms with E-state index in [1.165, 1.54) is 12.4 Å². The highest BCUT2D eigenvalue weighted by Gasteiger charge is 2.18. The molecule has 2 unspecified atom stereocenters. The van der Waals surface area contributed by atoms with Crippen molar-refractivity contribution in [3.8, 4) is 12.1 Å². The third-order valence-corrected chi connectivity index (χ3v) is 1.78. The molecule has 2 atom stereocenters. The van der Waals surface area contributed by atoms with E-state index >= 15 is 0 Å². The molecule has 2 N–H and O–H groups in total. The van der Waals surface area contributed by atoms with Crippen LogP contribution in [0.15, 0.2) is 12.4 Å². The summed E-state index contributed by atoms with van der Waals surface area (Å²) in [4.78, 5) is 7.27. The van der Waals surface area contributed by atoms with Crippen molar-refractivity contribution in [3.63, 3.8) is 0 Å². The van der Waals surface area contributed by atoms with E-state index < -0.39 is 12.2 Å². The van der Waals surface area contributed by atoms with E-state index in [2.05, 4.69) is 9.97 Å². The van der Waals surface area contributed by atoms with Crippen molar-refractivity contribution < 1.29 is 10.2 Å². The van der Waals surface area contributed by atoms with Crippen LogP contribution < -0.4 is 0 Å². The molecule has 15 heavy (non-hydrogen) atoms.